The van der Waals surface area contributed by atoms with Crippen LogP contribution in [0, 0.1) is 5.92 Å². The number of carbonyl (C=O) groups excluding carboxylic acids is 2. The number of rotatable bonds is 3. The maximum atomic E-state index is 13.4. The predicted molar refractivity (Wildman–Crippen MR) is 145 cm³/mol. The fourth-order valence-corrected chi connectivity index (χ4v) is 7.24. The number of hydrogen-bond donors (Lipinski definition) is 0. The molecule has 3 fully saturated rings. The lowest BCUT2D eigenvalue weighted by Gasteiger charge is -2.45. The van der Waals surface area contributed by atoms with Crippen LogP contribution in [0.25, 0.3) is 6.08 Å². The van der Waals surface area contributed by atoms with E-state index in [2.05, 4.69) is 0 Å². The molecule has 2 saturated heterocycles. The van der Waals surface area contributed by atoms with Crippen molar-refractivity contribution < 1.29 is 22.8 Å². The number of halogens is 4. The van der Waals surface area contributed by atoms with Gasteiger partial charge in [0, 0.05) is 61.1 Å². The average Bonchev–Trinajstić information content (AvgIpc) is 2.92. The summed E-state index contributed by atoms with van der Waals surface area (Å²) in [6.07, 6.45) is -0.339. The highest BCUT2D eigenvalue weighted by atomic mass is 35.5. The van der Waals surface area contributed by atoms with E-state index in [1.807, 2.05) is 34.1 Å². The van der Waals surface area contributed by atoms with Crippen LogP contribution in [0.1, 0.15) is 30.4 Å². The summed E-state index contributed by atoms with van der Waals surface area (Å²) >= 11 is 7.87. The van der Waals surface area contributed by atoms with E-state index in [9.17, 15) is 22.8 Å². The zero-order valence-corrected chi connectivity index (χ0v) is 22.5. The summed E-state index contributed by atoms with van der Waals surface area (Å²) in [5.74, 6) is -0.143. The Balaban J connectivity index is 1.20. The van der Waals surface area contributed by atoms with Gasteiger partial charge in [0.25, 0.3) is 5.91 Å². The molecule has 202 valence electrons. The van der Waals surface area contributed by atoms with Gasteiger partial charge in [-0.1, -0.05) is 35.9 Å². The van der Waals surface area contributed by atoms with E-state index in [1.54, 1.807) is 35.8 Å². The van der Waals surface area contributed by atoms with Crippen LogP contribution in [0.2, 0.25) is 5.02 Å². The van der Waals surface area contributed by atoms with Gasteiger partial charge in [-0.15, -0.1) is 11.8 Å². The van der Waals surface area contributed by atoms with Gasteiger partial charge in [-0.2, -0.15) is 13.2 Å². The molecule has 3 unspecified atom stereocenters. The number of amides is 2. The number of fused-ring (bicyclic) bond motifs is 1. The number of piperazine rings is 1. The molecular weight excluding hydrogens is 535 g/mol. The maximum absolute atomic E-state index is 13.4. The van der Waals surface area contributed by atoms with E-state index in [1.165, 1.54) is 12.1 Å². The summed E-state index contributed by atoms with van der Waals surface area (Å²) in [5, 5.41) is 0.814. The summed E-state index contributed by atoms with van der Waals surface area (Å²) in [7, 11) is 1.81. The molecule has 2 amide bonds. The molecule has 0 radical (unpaired) electrons. The Bertz CT molecular complexity index is 1250. The molecule has 3 aliphatic rings. The summed E-state index contributed by atoms with van der Waals surface area (Å²) in [6, 6.07) is 12.7. The first-order valence-corrected chi connectivity index (χ1v) is 14.0. The Morgan fingerprint density at radius 1 is 1.05 bits per heavy atom. The van der Waals surface area contributed by atoms with Crippen LogP contribution in [0.3, 0.4) is 0 Å². The highest BCUT2D eigenvalue weighted by molar-refractivity contribution is 8.04. The molecule has 2 heterocycles. The number of likely N-dealkylation sites (N-methyl/N-ethyl adjacent to an activating group) is 1. The van der Waals surface area contributed by atoms with Crippen molar-refractivity contribution >= 4 is 46.9 Å². The molecule has 0 N–H and O–H groups in total. The Kier molecular flexibility index (Phi) is 7.69. The summed E-state index contributed by atoms with van der Waals surface area (Å²) in [4.78, 5) is 32.7. The standard InChI is InChI=1S/C28H29ClF3N3O2S/c1-33-23-15-19(9-10-24(23)38-25(27(33)37)16-18-5-2-3-8-22(18)29)26(36)35-13-11-34(12-14-35)21-7-4-6-20(17-21)28(30,31)32/h2-8,16-17,19,23-24H,9-15H2,1H3/b25-16-. The maximum Gasteiger partial charge on any atom is 0.416 e. The molecule has 0 bridgehead atoms. The molecule has 2 aromatic rings. The van der Waals surface area contributed by atoms with Crippen molar-refractivity contribution in [3.05, 3.63) is 69.6 Å². The van der Waals surface area contributed by atoms with Crippen LogP contribution in [0.15, 0.2) is 53.4 Å². The van der Waals surface area contributed by atoms with E-state index >= 15 is 0 Å². The van der Waals surface area contributed by atoms with Crippen LogP contribution >= 0.6 is 23.4 Å². The molecular formula is C28H29ClF3N3O2S. The van der Waals surface area contributed by atoms with E-state index in [0.29, 0.717) is 48.2 Å². The van der Waals surface area contributed by atoms with Gasteiger partial charge >= 0.3 is 6.18 Å². The van der Waals surface area contributed by atoms with Gasteiger partial charge in [0.2, 0.25) is 5.91 Å². The lowest BCUT2D eigenvalue weighted by atomic mass is 9.83. The van der Waals surface area contributed by atoms with Gasteiger partial charge in [-0.25, -0.2) is 0 Å². The second-order valence-electron chi connectivity index (χ2n) is 10.0. The third-order valence-electron chi connectivity index (χ3n) is 7.73. The minimum atomic E-state index is -4.39. The molecule has 38 heavy (non-hydrogen) atoms. The Morgan fingerprint density at radius 3 is 2.50 bits per heavy atom. The van der Waals surface area contributed by atoms with Gasteiger partial charge in [-0.05, 0) is 55.2 Å². The minimum absolute atomic E-state index is 0.0232. The van der Waals surface area contributed by atoms with Gasteiger partial charge in [0.1, 0.15) is 0 Å². The molecule has 5 nitrogen and oxygen atoms in total. The molecule has 1 saturated carbocycles. The third-order valence-corrected chi connectivity index (χ3v) is 9.48. The van der Waals surface area contributed by atoms with Crippen molar-refractivity contribution in [2.75, 3.05) is 38.1 Å². The summed E-state index contributed by atoms with van der Waals surface area (Å²) in [5.41, 5.74) is 0.664. The van der Waals surface area contributed by atoms with E-state index in [4.69, 9.17) is 11.6 Å². The van der Waals surface area contributed by atoms with Crippen LogP contribution < -0.4 is 4.90 Å². The lowest BCUT2D eigenvalue weighted by Crippen LogP contribution is -2.55. The molecule has 5 rings (SSSR count). The van der Waals surface area contributed by atoms with Crippen LogP contribution in [-0.4, -0.2) is 66.1 Å². The largest absolute Gasteiger partial charge is 0.416 e. The van der Waals surface area contributed by atoms with E-state index in [-0.39, 0.29) is 29.0 Å². The highest BCUT2D eigenvalue weighted by Gasteiger charge is 2.44. The minimum Gasteiger partial charge on any atom is -0.368 e. The second kappa shape index (κ2) is 10.8. The van der Waals surface area contributed by atoms with Crippen molar-refractivity contribution in [1.29, 1.82) is 0 Å². The lowest BCUT2D eigenvalue weighted by molar-refractivity contribution is -0.139. The number of thioether (sulfide) groups is 1. The van der Waals surface area contributed by atoms with Gasteiger partial charge in [0.05, 0.1) is 10.5 Å². The first-order chi connectivity index (χ1) is 18.1. The third kappa shape index (κ3) is 5.54. The van der Waals surface area contributed by atoms with Gasteiger partial charge < -0.3 is 14.7 Å². The quantitative estimate of drug-likeness (QED) is 0.443. The highest BCUT2D eigenvalue weighted by Crippen LogP contribution is 2.44. The topological polar surface area (TPSA) is 43.9 Å². The fourth-order valence-electron chi connectivity index (χ4n) is 5.58. The predicted octanol–water partition coefficient (Wildman–Crippen LogP) is 5.79. The monoisotopic (exact) mass is 563 g/mol. The first kappa shape index (κ1) is 26.9. The molecule has 0 spiro atoms. The SMILES string of the molecule is CN1C(=O)/C(=C/c2ccccc2Cl)SC2CCC(C(=O)N3CCN(c4cccc(C(F)(F)F)c4)CC3)CC21. The van der Waals surface area contributed by atoms with Crippen LogP contribution in [0.5, 0.6) is 0 Å². The van der Waals surface area contributed by atoms with Crippen molar-refractivity contribution in [3.8, 4) is 0 Å². The van der Waals surface area contributed by atoms with Gasteiger partial charge in [-0.3, -0.25) is 9.59 Å². The molecule has 3 atom stereocenters. The van der Waals surface area contributed by atoms with Crippen molar-refractivity contribution in [2.24, 2.45) is 5.92 Å². The molecule has 0 aromatic heterocycles. The number of anilines is 1. The van der Waals surface area contributed by atoms with Crippen molar-refractivity contribution in [2.45, 2.75) is 36.7 Å². The fraction of sp³-hybridized carbons (Fsp3) is 0.429. The molecule has 2 aromatic carbocycles. The van der Waals surface area contributed by atoms with Gasteiger partial charge in [0.15, 0.2) is 0 Å². The Morgan fingerprint density at radius 2 is 1.79 bits per heavy atom. The number of alkyl halides is 3. The number of benzene rings is 2. The van der Waals surface area contributed by atoms with Crippen molar-refractivity contribution in [3.63, 3.8) is 0 Å². The average molecular weight is 564 g/mol. The number of carbonyl (C=O) groups is 2. The second-order valence-corrected chi connectivity index (χ2v) is 11.7. The molecule has 10 heteroatoms. The van der Waals surface area contributed by atoms with E-state index in [0.717, 1.165) is 24.5 Å². The normalized spacial score (nSPS) is 25.5. The Hall–Kier alpha value is -2.65. The zero-order chi connectivity index (χ0) is 27.0. The first-order valence-electron chi connectivity index (χ1n) is 12.7. The number of nitrogens with zero attached hydrogens (tertiary/aromatic N) is 3. The summed E-state index contributed by atoms with van der Waals surface area (Å²) in [6.45, 7) is 1.90. The smallest absolute Gasteiger partial charge is 0.368 e. The number of hydrogen-bond acceptors (Lipinski definition) is 4. The molecule has 2 aliphatic heterocycles. The summed E-state index contributed by atoms with van der Waals surface area (Å²) < 4.78 is 39.3. The van der Waals surface area contributed by atoms with Crippen molar-refractivity contribution in [1.82, 2.24) is 9.80 Å². The van der Waals surface area contributed by atoms with Crippen LogP contribution in [0.4, 0.5) is 18.9 Å². The Labute approximate surface area is 229 Å². The molecule has 1 aliphatic carbocycles. The van der Waals surface area contributed by atoms with Crippen LogP contribution in [-0.2, 0) is 15.8 Å². The zero-order valence-electron chi connectivity index (χ0n) is 21.0. The van der Waals surface area contributed by atoms with E-state index < -0.39 is 11.7 Å².